The summed E-state index contributed by atoms with van der Waals surface area (Å²) < 4.78 is 0. The van der Waals surface area contributed by atoms with Crippen LogP contribution in [0, 0.1) is 11.3 Å². The second-order valence-corrected chi connectivity index (χ2v) is 3.63. The van der Waals surface area contributed by atoms with E-state index in [9.17, 15) is 4.79 Å². The van der Waals surface area contributed by atoms with Crippen molar-refractivity contribution in [2.75, 3.05) is 13.6 Å². The van der Waals surface area contributed by atoms with Crippen LogP contribution in [-0.2, 0) is 0 Å². The minimum atomic E-state index is 0.0484. The van der Waals surface area contributed by atoms with E-state index in [0.717, 1.165) is 0 Å². The highest BCUT2D eigenvalue weighted by molar-refractivity contribution is 5.95. The first-order valence-corrected chi connectivity index (χ1v) is 4.89. The van der Waals surface area contributed by atoms with Crippen LogP contribution in [0.2, 0.25) is 0 Å². The number of nitrogens with zero attached hydrogens (tertiary/aromatic N) is 2. The van der Waals surface area contributed by atoms with Gasteiger partial charge in [-0.15, -0.1) is 0 Å². The van der Waals surface area contributed by atoms with Crippen molar-refractivity contribution in [1.29, 1.82) is 5.26 Å². The summed E-state index contributed by atoms with van der Waals surface area (Å²) in [6, 6.07) is 5.75. The lowest BCUT2D eigenvalue weighted by Gasteiger charge is -2.21. The number of hydrogen-bond acceptors (Lipinski definition) is 3. The summed E-state index contributed by atoms with van der Waals surface area (Å²) in [7, 11) is 1.85. The molecule has 0 aromatic carbocycles. The first kappa shape index (κ1) is 11.5. The molecular formula is C11H15N3O. The number of nitrogens with one attached hydrogen (secondary N) is 1. The van der Waals surface area contributed by atoms with Gasteiger partial charge in [-0.25, -0.2) is 0 Å². The van der Waals surface area contributed by atoms with Gasteiger partial charge in [-0.2, -0.15) is 5.26 Å². The topological polar surface area (TPSA) is 59.9 Å². The minimum absolute atomic E-state index is 0.0484. The molecule has 80 valence electrons. The van der Waals surface area contributed by atoms with Gasteiger partial charge in [-0.3, -0.25) is 9.69 Å². The molecule has 0 aliphatic heterocycles. The maximum absolute atomic E-state index is 11.7. The van der Waals surface area contributed by atoms with E-state index in [1.807, 2.05) is 18.9 Å². The van der Waals surface area contributed by atoms with E-state index in [0.29, 0.717) is 18.7 Å². The summed E-state index contributed by atoms with van der Waals surface area (Å²) >= 11 is 0. The Morgan fingerprint density at radius 1 is 1.73 bits per heavy atom. The van der Waals surface area contributed by atoms with E-state index in [1.54, 1.807) is 18.3 Å². The van der Waals surface area contributed by atoms with Crippen LogP contribution in [0.3, 0.4) is 0 Å². The van der Waals surface area contributed by atoms with E-state index in [1.165, 1.54) is 0 Å². The molecule has 1 rings (SSSR count). The third kappa shape index (κ3) is 3.22. The molecule has 1 heterocycles. The maximum atomic E-state index is 11.7. The van der Waals surface area contributed by atoms with Crippen molar-refractivity contribution < 1.29 is 4.79 Å². The highest BCUT2D eigenvalue weighted by atomic mass is 16.1. The Kier molecular flexibility index (Phi) is 4.07. The number of nitriles is 1. The quantitative estimate of drug-likeness (QED) is 0.740. The zero-order valence-electron chi connectivity index (χ0n) is 9.03. The number of likely N-dealkylation sites (N-methyl/N-ethyl adjacent to an activating group) is 1. The number of Topliss-reactive ketones (excluding diaryl/α,β-unsaturated/α-hetero) is 1. The van der Waals surface area contributed by atoms with Gasteiger partial charge in [0.1, 0.15) is 0 Å². The van der Waals surface area contributed by atoms with Crippen LogP contribution in [0.15, 0.2) is 18.3 Å². The molecule has 0 bridgehead atoms. The van der Waals surface area contributed by atoms with Gasteiger partial charge in [0.2, 0.25) is 0 Å². The molecule has 1 aromatic rings. The van der Waals surface area contributed by atoms with Crippen molar-refractivity contribution in [3.8, 4) is 6.07 Å². The summed E-state index contributed by atoms with van der Waals surface area (Å²) in [5.41, 5.74) is 0.617. The first-order chi connectivity index (χ1) is 7.15. The van der Waals surface area contributed by atoms with Crippen LogP contribution >= 0.6 is 0 Å². The fourth-order valence-electron chi connectivity index (χ4n) is 1.26. The standard InChI is InChI=1S/C11H15N3O/c1-9(5-6-12)14(2)8-11(15)10-4-3-7-13-10/h3-4,7,9,13H,5,8H2,1-2H3. The summed E-state index contributed by atoms with van der Waals surface area (Å²) in [4.78, 5) is 16.4. The number of carbonyl (C=O) groups is 1. The van der Waals surface area contributed by atoms with Gasteiger partial charge >= 0.3 is 0 Å². The van der Waals surface area contributed by atoms with E-state index >= 15 is 0 Å². The number of rotatable bonds is 5. The van der Waals surface area contributed by atoms with E-state index in [4.69, 9.17) is 5.26 Å². The molecule has 0 saturated heterocycles. The molecule has 1 aromatic heterocycles. The monoisotopic (exact) mass is 205 g/mol. The molecular weight excluding hydrogens is 190 g/mol. The molecule has 0 aliphatic carbocycles. The molecule has 4 heteroatoms. The van der Waals surface area contributed by atoms with Gasteiger partial charge in [0.25, 0.3) is 0 Å². The third-order valence-corrected chi connectivity index (χ3v) is 2.43. The van der Waals surface area contributed by atoms with Gasteiger partial charge < -0.3 is 4.98 Å². The van der Waals surface area contributed by atoms with E-state index in [2.05, 4.69) is 11.1 Å². The fraction of sp³-hybridized carbons (Fsp3) is 0.455. The third-order valence-electron chi connectivity index (χ3n) is 2.43. The van der Waals surface area contributed by atoms with Crippen molar-refractivity contribution in [3.63, 3.8) is 0 Å². The lowest BCUT2D eigenvalue weighted by molar-refractivity contribution is 0.0921. The Labute approximate surface area is 89.5 Å². The number of ketones is 1. The van der Waals surface area contributed by atoms with Gasteiger partial charge in [-0.05, 0) is 26.1 Å². The summed E-state index contributed by atoms with van der Waals surface area (Å²) in [5, 5.41) is 8.54. The Morgan fingerprint density at radius 2 is 2.47 bits per heavy atom. The number of hydrogen-bond donors (Lipinski definition) is 1. The lowest BCUT2D eigenvalue weighted by Crippen LogP contribution is -2.33. The summed E-state index contributed by atoms with van der Waals surface area (Å²) in [5.74, 6) is 0.0484. The molecule has 1 N–H and O–H groups in total. The van der Waals surface area contributed by atoms with Crippen LogP contribution in [0.5, 0.6) is 0 Å². The van der Waals surface area contributed by atoms with E-state index in [-0.39, 0.29) is 11.8 Å². The number of carbonyl (C=O) groups excluding carboxylic acids is 1. The molecule has 1 unspecified atom stereocenters. The molecule has 0 saturated carbocycles. The van der Waals surface area contributed by atoms with Crippen molar-refractivity contribution in [2.45, 2.75) is 19.4 Å². The lowest BCUT2D eigenvalue weighted by atomic mass is 10.2. The highest BCUT2D eigenvalue weighted by Gasteiger charge is 2.14. The summed E-state index contributed by atoms with van der Waals surface area (Å²) in [6.45, 7) is 2.27. The Morgan fingerprint density at radius 3 is 3.00 bits per heavy atom. The zero-order valence-corrected chi connectivity index (χ0v) is 9.03. The van der Waals surface area contributed by atoms with Gasteiger partial charge in [0, 0.05) is 12.2 Å². The Hall–Kier alpha value is -1.60. The molecule has 0 fully saturated rings. The van der Waals surface area contributed by atoms with Crippen LogP contribution in [0.1, 0.15) is 23.8 Å². The van der Waals surface area contributed by atoms with Crippen molar-refractivity contribution in [1.82, 2.24) is 9.88 Å². The molecule has 4 nitrogen and oxygen atoms in total. The number of aromatic nitrogens is 1. The average molecular weight is 205 g/mol. The van der Waals surface area contributed by atoms with Crippen LogP contribution in [0.25, 0.3) is 0 Å². The van der Waals surface area contributed by atoms with Crippen molar-refractivity contribution in [2.24, 2.45) is 0 Å². The molecule has 0 radical (unpaired) electrons. The zero-order chi connectivity index (χ0) is 11.3. The first-order valence-electron chi connectivity index (χ1n) is 4.89. The molecule has 0 spiro atoms. The molecule has 0 aliphatic rings. The second kappa shape index (κ2) is 5.32. The number of aromatic amines is 1. The number of H-pyrrole nitrogens is 1. The maximum Gasteiger partial charge on any atom is 0.192 e. The average Bonchev–Trinajstić information content (AvgIpc) is 2.70. The van der Waals surface area contributed by atoms with Gasteiger partial charge in [0.05, 0.1) is 24.7 Å². The predicted octanol–water partition coefficient (Wildman–Crippen LogP) is 1.43. The highest BCUT2D eigenvalue weighted by Crippen LogP contribution is 2.03. The largest absolute Gasteiger partial charge is 0.359 e. The minimum Gasteiger partial charge on any atom is -0.359 e. The van der Waals surface area contributed by atoms with Crippen LogP contribution in [-0.4, -0.2) is 35.3 Å². The Bertz CT molecular complexity index is 350. The second-order valence-electron chi connectivity index (χ2n) is 3.63. The smallest absolute Gasteiger partial charge is 0.192 e. The Balaban J connectivity index is 2.49. The SMILES string of the molecule is CC(CC#N)N(C)CC(=O)c1ccc[nH]1. The molecule has 0 amide bonds. The normalized spacial score (nSPS) is 12.4. The molecule has 1 atom stereocenters. The predicted molar refractivity (Wildman–Crippen MR) is 57.4 cm³/mol. The van der Waals surface area contributed by atoms with Crippen molar-refractivity contribution in [3.05, 3.63) is 24.0 Å². The van der Waals surface area contributed by atoms with Crippen molar-refractivity contribution >= 4 is 5.78 Å². The van der Waals surface area contributed by atoms with Gasteiger partial charge in [-0.1, -0.05) is 0 Å². The summed E-state index contributed by atoms with van der Waals surface area (Å²) in [6.07, 6.45) is 2.17. The fourth-order valence-corrected chi connectivity index (χ4v) is 1.26. The van der Waals surface area contributed by atoms with Gasteiger partial charge in [0.15, 0.2) is 5.78 Å². The van der Waals surface area contributed by atoms with Crippen LogP contribution < -0.4 is 0 Å². The van der Waals surface area contributed by atoms with E-state index < -0.39 is 0 Å². The van der Waals surface area contributed by atoms with Crippen LogP contribution in [0.4, 0.5) is 0 Å². The molecule has 15 heavy (non-hydrogen) atoms.